The molecule has 1 aliphatic carbocycles. The first-order valence-electron chi connectivity index (χ1n) is 13.8. The first-order valence-corrected chi connectivity index (χ1v) is 13.8. The predicted molar refractivity (Wildman–Crippen MR) is 158 cm³/mol. The van der Waals surface area contributed by atoms with Gasteiger partial charge in [0.2, 0.25) is 5.88 Å². The summed E-state index contributed by atoms with van der Waals surface area (Å²) in [4.78, 5) is 17.1. The summed E-state index contributed by atoms with van der Waals surface area (Å²) in [6.45, 7) is 4.58. The van der Waals surface area contributed by atoms with E-state index in [0.29, 0.717) is 30.7 Å². The second-order valence-corrected chi connectivity index (χ2v) is 10.2. The average molecular weight is 546 g/mol. The number of carbonyl (C=O) groups is 1. The van der Waals surface area contributed by atoms with E-state index in [1.165, 1.54) is 0 Å². The lowest BCUT2D eigenvalue weighted by Gasteiger charge is -2.14. The summed E-state index contributed by atoms with van der Waals surface area (Å²) in [7, 11) is 0. The minimum atomic E-state index is -0.464. The number of pyridine rings is 1. The van der Waals surface area contributed by atoms with Crippen LogP contribution >= 0.6 is 0 Å². The van der Waals surface area contributed by atoms with Gasteiger partial charge in [0.1, 0.15) is 23.8 Å². The maximum atomic E-state index is 12.4. The largest absolute Gasteiger partial charge is 0.473 e. The fourth-order valence-electron chi connectivity index (χ4n) is 4.94. The predicted octanol–water partition coefficient (Wildman–Crippen LogP) is 7.63. The van der Waals surface area contributed by atoms with Crippen molar-refractivity contribution in [3.63, 3.8) is 0 Å². The molecule has 0 bridgehead atoms. The van der Waals surface area contributed by atoms with E-state index in [0.717, 1.165) is 52.0 Å². The lowest BCUT2D eigenvalue weighted by molar-refractivity contribution is -0.146. The first-order chi connectivity index (χ1) is 20.1. The fraction of sp³-hybridized carbons (Fsp3) is 0.206. The number of benzene rings is 3. The maximum Gasteiger partial charge on any atom is 0.316 e. The minimum Gasteiger partial charge on any atom is -0.473 e. The Morgan fingerprint density at radius 1 is 0.878 bits per heavy atom. The lowest BCUT2D eigenvalue weighted by Crippen LogP contribution is -2.23. The molecule has 3 aromatic carbocycles. The Kier molecular flexibility index (Phi) is 7.25. The molecule has 0 unspecified atom stereocenters. The fourth-order valence-corrected chi connectivity index (χ4v) is 4.94. The molecule has 7 heteroatoms. The van der Waals surface area contributed by atoms with E-state index in [2.05, 4.69) is 39.7 Å². The van der Waals surface area contributed by atoms with Gasteiger partial charge in [-0.1, -0.05) is 90.1 Å². The highest BCUT2D eigenvalue weighted by molar-refractivity contribution is 5.87. The van der Waals surface area contributed by atoms with E-state index in [9.17, 15) is 4.79 Å². The molecule has 206 valence electrons. The SMILES string of the molecule is CCOC(=O)C1(c2ccc(-c3ccc(-c4onc(C)c4Nc4cccc(OCc5ccccc5)n4)cc3)cc2)CC1. The normalized spacial score (nSPS) is 13.4. The van der Waals surface area contributed by atoms with Gasteiger partial charge < -0.3 is 19.3 Å². The average Bonchev–Trinajstić information content (AvgIpc) is 3.76. The topological polar surface area (TPSA) is 86.5 Å². The summed E-state index contributed by atoms with van der Waals surface area (Å²) in [5.41, 5.74) is 6.15. The van der Waals surface area contributed by atoms with Gasteiger partial charge in [-0.3, -0.25) is 4.79 Å². The Hall–Kier alpha value is -4.91. The van der Waals surface area contributed by atoms with E-state index >= 15 is 0 Å². The van der Waals surface area contributed by atoms with Gasteiger partial charge in [-0.05, 0) is 55.0 Å². The van der Waals surface area contributed by atoms with Crippen LogP contribution in [0.5, 0.6) is 5.88 Å². The Morgan fingerprint density at radius 2 is 1.56 bits per heavy atom. The third-order valence-corrected chi connectivity index (χ3v) is 7.40. The van der Waals surface area contributed by atoms with Gasteiger partial charge in [0.05, 0.1) is 12.0 Å². The summed E-state index contributed by atoms with van der Waals surface area (Å²) in [6, 6.07) is 32.0. The van der Waals surface area contributed by atoms with Crippen LogP contribution in [-0.4, -0.2) is 22.7 Å². The van der Waals surface area contributed by atoms with Crippen LogP contribution in [0.3, 0.4) is 0 Å². The number of carbonyl (C=O) groups excluding carboxylic acids is 1. The van der Waals surface area contributed by atoms with E-state index in [-0.39, 0.29) is 5.97 Å². The second kappa shape index (κ2) is 11.3. The van der Waals surface area contributed by atoms with Crippen LogP contribution in [0.15, 0.2) is 102 Å². The number of ether oxygens (including phenoxy) is 2. The lowest BCUT2D eigenvalue weighted by atomic mass is 9.93. The van der Waals surface area contributed by atoms with E-state index < -0.39 is 5.41 Å². The van der Waals surface area contributed by atoms with Crippen molar-refractivity contribution in [2.24, 2.45) is 0 Å². The maximum absolute atomic E-state index is 12.4. The molecule has 0 saturated heterocycles. The molecule has 41 heavy (non-hydrogen) atoms. The highest BCUT2D eigenvalue weighted by atomic mass is 16.5. The molecular formula is C34H31N3O4. The van der Waals surface area contributed by atoms with Crippen LogP contribution < -0.4 is 10.1 Å². The standard InChI is InChI=1S/C34H31N3O4/c1-3-39-33(38)34(20-21-34)28-18-16-26(17-19-28)25-12-14-27(15-13-25)32-31(23(2)37-41-32)36-29-10-7-11-30(35-29)40-22-24-8-5-4-6-9-24/h4-19H,3,20-22H2,1-2H3,(H,35,36). The number of hydrogen-bond acceptors (Lipinski definition) is 7. The van der Waals surface area contributed by atoms with Crippen LogP contribution in [0.1, 0.15) is 36.6 Å². The number of esters is 1. The molecule has 1 aliphatic rings. The molecule has 0 aliphatic heterocycles. The number of nitrogens with one attached hydrogen (secondary N) is 1. The van der Waals surface area contributed by atoms with Gasteiger partial charge in [-0.2, -0.15) is 4.98 Å². The Bertz CT molecular complexity index is 1640. The Labute approximate surface area is 239 Å². The molecule has 5 aromatic rings. The number of aromatic nitrogens is 2. The zero-order valence-electron chi connectivity index (χ0n) is 23.1. The zero-order valence-corrected chi connectivity index (χ0v) is 23.1. The zero-order chi connectivity index (χ0) is 28.2. The molecular weight excluding hydrogens is 514 g/mol. The molecule has 1 N–H and O–H groups in total. The molecule has 1 fully saturated rings. The van der Waals surface area contributed by atoms with Gasteiger partial charge in [0.15, 0.2) is 5.76 Å². The van der Waals surface area contributed by atoms with Gasteiger partial charge in [-0.25, -0.2) is 0 Å². The number of aryl methyl sites for hydroxylation is 1. The summed E-state index contributed by atoms with van der Waals surface area (Å²) in [5, 5.41) is 7.56. The third kappa shape index (κ3) is 5.57. The van der Waals surface area contributed by atoms with Gasteiger partial charge >= 0.3 is 5.97 Å². The highest BCUT2D eigenvalue weighted by Crippen LogP contribution is 2.49. The van der Waals surface area contributed by atoms with Crippen LogP contribution in [0.4, 0.5) is 11.5 Å². The third-order valence-electron chi connectivity index (χ3n) is 7.40. The van der Waals surface area contributed by atoms with Crippen molar-refractivity contribution in [3.05, 3.63) is 114 Å². The molecule has 0 amide bonds. The second-order valence-electron chi connectivity index (χ2n) is 10.2. The van der Waals surface area contributed by atoms with Crippen molar-refractivity contribution in [2.45, 2.75) is 38.7 Å². The highest BCUT2D eigenvalue weighted by Gasteiger charge is 2.52. The number of rotatable bonds is 10. The molecule has 7 nitrogen and oxygen atoms in total. The summed E-state index contributed by atoms with van der Waals surface area (Å²) in [5.74, 6) is 1.67. The van der Waals surface area contributed by atoms with Gasteiger partial charge in [0.25, 0.3) is 0 Å². The molecule has 1 saturated carbocycles. The number of anilines is 2. The van der Waals surface area contributed by atoms with E-state index in [4.69, 9.17) is 14.0 Å². The van der Waals surface area contributed by atoms with Crippen molar-refractivity contribution in [3.8, 4) is 28.3 Å². The van der Waals surface area contributed by atoms with Crippen molar-refractivity contribution in [1.82, 2.24) is 10.1 Å². The van der Waals surface area contributed by atoms with Crippen molar-refractivity contribution in [2.75, 3.05) is 11.9 Å². The van der Waals surface area contributed by atoms with Crippen LogP contribution in [0, 0.1) is 6.92 Å². The Morgan fingerprint density at radius 3 is 2.24 bits per heavy atom. The van der Waals surface area contributed by atoms with Gasteiger partial charge in [-0.15, -0.1) is 0 Å². The number of hydrogen-bond donors (Lipinski definition) is 1. The quantitative estimate of drug-likeness (QED) is 0.181. The summed E-state index contributed by atoms with van der Waals surface area (Å²) >= 11 is 0. The summed E-state index contributed by atoms with van der Waals surface area (Å²) < 4.78 is 16.9. The van der Waals surface area contributed by atoms with Crippen LogP contribution in [0.25, 0.3) is 22.5 Å². The molecule has 0 atom stereocenters. The van der Waals surface area contributed by atoms with Crippen molar-refractivity contribution >= 4 is 17.5 Å². The van der Waals surface area contributed by atoms with Gasteiger partial charge in [0, 0.05) is 11.6 Å². The molecule has 0 spiro atoms. The molecule has 2 aromatic heterocycles. The van der Waals surface area contributed by atoms with Crippen LogP contribution in [0.2, 0.25) is 0 Å². The van der Waals surface area contributed by atoms with Crippen molar-refractivity contribution in [1.29, 1.82) is 0 Å². The smallest absolute Gasteiger partial charge is 0.316 e. The molecule has 0 radical (unpaired) electrons. The van der Waals surface area contributed by atoms with E-state index in [1.54, 1.807) is 0 Å². The monoisotopic (exact) mass is 545 g/mol. The molecule has 6 rings (SSSR count). The summed E-state index contributed by atoms with van der Waals surface area (Å²) in [6.07, 6.45) is 1.68. The first kappa shape index (κ1) is 26.3. The van der Waals surface area contributed by atoms with E-state index in [1.807, 2.05) is 86.6 Å². The Balaban J connectivity index is 1.16. The van der Waals surface area contributed by atoms with Crippen molar-refractivity contribution < 1.29 is 18.8 Å². The molecule has 2 heterocycles. The minimum absolute atomic E-state index is 0.120. The van der Waals surface area contributed by atoms with Crippen LogP contribution in [-0.2, 0) is 21.6 Å². The number of nitrogens with zero attached hydrogens (tertiary/aromatic N) is 2.